The summed E-state index contributed by atoms with van der Waals surface area (Å²) in [5.74, 6) is 0.528. The lowest BCUT2D eigenvalue weighted by Crippen LogP contribution is -2.03. The van der Waals surface area contributed by atoms with E-state index in [4.69, 9.17) is 0 Å². The number of rotatable bonds is 1. The van der Waals surface area contributed by atoms with Crippen molar-refractivity contribution in [3.63, 3.8) is 0 Å². The Morgan fingerprint density at radius 3 is 3.00 bits per heavy atom. The number of hydrogen-bond donors (Lipinski definition) is 0. The highest BCUT2D eigenvalue weighted by atomic mass is 14.1. The Morgan fingerprint density at radius 1 is 1.33 bits per heavy atom. The zero-order valence-electron chi connectivity index (χ0n) is 7.03. The lowest BCUT2D eigenvalue weighted by molar-refractivity contribution is 0.798. The largest absolute Gasteiger partial charge is 0.102 e. The average molecular weight is 156 g/mol. The maximum Gasteiger partial charge on any atom is -0.00122 e. The third-order valence-electron chi connectivity index (χ3n) is 2.34. The summed E-state index contributed by atoms with van der Waals surface area (Å²) in [6.45, 7) is 3.81. The highest BCUT2D eigenvalue weighted by molar-refractivity contribution is 5.57. The second-order valence-corrected chi connectivity index (χ2v) is 3.16. The number of fused-ring (bicyclic) bond motifs is 1. The molecular formula is C12H12. The molecule has 2 rings (SSSR count). The first-order valence-electron chi connectivity index (χ1n) is 4.29. The van der Waals surface area contributed by atoms with Crippen LogP contribution in [0.15, 0.2) is 43.0 Å². The molecule has 0 amide bonds. The highest BCUT2D eigenvalue weighted by Crippen LogP contribution is 2.22. The average Bonchev–Trinajstić information content (AvgIpc) is 2.17. The summed E-state index contributed by atoms with van der Waals surface area (Å²) < 4.78 is 0. The van der Waals surface area contributed by atoms with E-state index in [1.54, 1.807) is 0 Å². The van der Waals surface area contributed by atoms with E-state index in [2.05, 4.69) is 43.0 Å². The predicted molar refractivity (Wildman–Crippen MR) is 52.9 cm³/mol. The fourth-order valence-electron chi connectivity index (χ4n) is 1.59. The topological polar surface area (TPSA) is 0 Å². The van der Waals surface area contributed by atoms with E-state index in [-0.39, 0.29) is 0 Å². The summed E-state index contributed by atoms with van der Waals surface area (Å²) in [7, 11) is 0. The van der Waals surface area contributed by atoms with Crippen molar-refractivity contribution in [2.45, 2.75) is 6.42 Å². The van der Waals surface area contributed by atoms with Crippen LogP contribution in [0.3, 0.4) is 0 Å². The lowest BCUT2D eigenvalue weighted by atomic mass is 9.90. The zero-order chi connectivity index (χ0) is 8.39. The molecule has 0 aliphatic heterocycles. The second-order valence-electron chi connectivity index (χ2n) is 3.16. The maximum absolute atomic E-state index is 3.81. The first-order valence-corrected chi connectivity index (χ1v) is 4.29. The molecule has 1 aromatic rings. The Bertz CT molecular complexity index is 321. The van der Waals surface area contributed by atoms with E-state index >= 15 is 0 Å². The Balaban J connectivity index is 2.39. The van der Waals surface area contributed by atoms with Crippen molar-refractivity contribution in [1.82, 2.24) is 0 Å². The van der Waals surface area contributed by atoms with Crippen LogP contribution < -0.4 is 0 Å². The molecule has 0 bridgehead atoms. The number of allylic oxidation sites excluding steroid dienone is 2. The molecule has 0 nitrogen and oxygen atoms in total. The molecule has 0 saturated carbocycles. The van der Waals surface area contributed by atoms with Crippen molar-refractivity contribution in [2.75, 3.05) is 0 Å². The lowest BCUT2D eigenvalue weighted by Gasteiger charge is -2.15. The van der Waals surface area contributed by atoms with Gasteiger partial charge in [-0.25, -0.2) is 0 Å². The van der Waals surface area contributed by atoms with Crippen LogP contribution >= 0.6 is 0 Å². The van der Waals surface area contributed by atoms with Crippen molar-refractivity contribution >= 4 is 6.08 Å². The van der Waals surface area contributed by atoms with E-state index in [0.717, 1.165) is 6.42 Å². The quantitative estimate of drug-likeness (QED) is 0.548. The van der Waals surface area contributed by atoms with Crippen LogP contribution in [0.25, 0.3) is 6.08 Å². The van der Waals surface area contributed by atoms with Gasteiger partial charge >= 0.3 is 0 Å². The van der Waals surface area contributed by atoms with Gasteiger partial charge in [0, 0.05) is 0 Å². The van der Waals surface area contributed by atoms with Crippen molar-refractivity contribution in [1.29, 1.82) is 0 Å². The van der Waals surface area contributed by atoms with Crippen molar-refractivity contribution < 1.29 is 0 Å². The standard InChI is InChI=1S/C12H12/c1-2-10-7-8-11-5-3-4-6-12(11)9-10/h2-8,10H,1,9H2. The van der Waals surface area contributed by atoms with Crippen LogP contribution in [-0.2, 0) is 6.42 Å². The minimum Gasteiger partial charge on any atom is -0.102 e. The molecule has 1 aromatic carbocycles. The van der Waals surface area contributed by atoms with E-state index < -0.39 is 0 Å². The Hall–Kier alpha value is -1.30. The van der Waals surface area contributed by atoms with Gasteiger partial charge in [0.1, 0.15) is 0 Å². The minimum atomic E-state index is 0.528. The van der Waals surface area contributed by atoms with Crippen molar-refractivity contribution in [3.05, 3.63) is 54.1 Å². The fourth-order valence-corrected chi connectivity index (χ4v) is 1.59. The third-order valence-corrected chi connectivity index (χ3v) is 2.34. The summed E-state index contributed by atoms with van der Waals surface area (Å²) in [5.41, 5.74) is 2.79. The van der Waals surface area contributed by atoms with E-state index in [1.807, 2.05) is 6.08 Å². The zero-order valence-corrected chi connectivity index (χ0v) is 7.03. The van der Waals surface area contributed by atoms with E-state index in [0.29, 0.717) is 5.92 Å². The van der Waals surface area contributed by atoms with Crippen LogP contribution in [0.1, 0.15) is 11.1 Å². The van der Waals surface area contributed by atoms with Crippen LogP contribution in [0.5, 0.6) is 0 Å². The molecule has 0 fully saturated rings. The number of hydrogen-bond acceptors (Lipinski definition) is 0. The molecular weight excluding hydrogens is 144 g/mol. The van der Waals surface area contributed by atoms with E-state index in [9.17, 15) is 0 Å². The molecule has 0 radical (unpaired) electrons. The summed E-state index contributed by atoms with van der Waals surface area (Å²) >= 11 is 0. The van der Waals surface area contributed by atoms with Crippen molar-refractivity contribution in [2.24, 2.45) is 5.92 Å². The highest BCUT2D eigenvalue weighted by Gasteiger charge is 2.08. The molecule has 1 aliphatic carbocycles. The second kappa shape index (κ2) is 2.98. The van der Waals surface area contributed by atoms with Gasteiger partial charge in [-0.05, 0) is 23.5 Å². The summed E-state index contributed by atoms with van der Waals surface area (Å²) in [5, 5.41) is 0. The first-order chi connectivity index (χ1) is 5.90. The molecule has 60 valence electrons. The van der Waals surface area contributed by atoms with Crippen molar-refractivity contribution in [3.8, 4) is 0 Å². The van der Waals surface area contributed by atoms with Crippen LogP contribution in [0.2, 0.25) is 0 Å². The van der Waals surface area contributed by atoms with Crippen LogP contribution in [0.4, 0.5) is 0 Å². The van der Waals surface area contributed by atoms with Gasteiger partial charge in [0.05, 0.1) is 0 Å². The molecule has 1 unspecified atom stereocenters. The van der Waals surface area contributed by atoms with Gasteiger partial charge in [0.25, 0.3) is 0 Å². The molecule has 0 saturated heterocycles. The Morgan fingerprint density at radius 2 is 2.17 bits per heavy atom. The van der Waals surface area contributed by atoms with Gasteiger partial charge in [-0.3, -0.25) is 0 Å². The molecule has 0 spiro atoms. The third kappa shape index (κ3) is 1.20. The smallest absolute Gasteiger partial charge is 0.00122 e. The molecule has 12 heavy (non-hydrogen) atoms. The van der Waals surface area contributed by atoms with Gasteiger partial charge in [0.2, 0.25) is 0 Å². The van der Waals surface area contributed by atoms with Gasteiger partial charge in [-0.15, -0.1) is 6.58 Å². The summed E-state index contributed by atoms with van der Waals surface area (Å²) in [6.07, 6.45) is 7.52. The normalized spacial score (nSPS) is 20.2. The van der Waals surface area contributed by atoms with Gasteiger partial charge in [0.15, 0.2) is 0 Å². The predicted octanol–water partition coefficient (Wildman–Crippen LogP) is 3.06. The fraction of sp³-hybridized carbons (Fsp3) is 0.167. The van der Waals surface area contributed by atoms with Crippen LogP contribution in [-0.4, -0.2) is 0 Å². The first kappa shape index (κ1) is 7.35. The molecule has 1 aliphatic rings. The summed E-state index contributed by atoms with van der Waals surface area (Å²) in [6, 6.07) is 8.52. The van der Waals surface area contributed by atoms with Crippen LogP contribution in [0, 0.1) is 5.92 Å². The molecule has 0 aromatic heterocycles. The Labute approximate surface area is 73.2 Å². The Kier molecular flexibility index (Phi) is 1.83. The van der Waals surface area contributed by atoms with Gasteiger partial charge in [-0.1, -0.05) is 42.5 Å². The molecule has 0 heterocycles. The molecule has 0 N–H and O–H groups in total. The van der Waals surface area contributed by atoms with E-state index in [1.165, 1.54) is 11.1 Å². The van der Waals surface area contributed by atoms with Gasteiger partial charge in [-0.2, -0.15) is 0 Å². The minimum absolute atomic E-state index is 0.528. The SMILES string of the molecule is C=CC1C=Cc2ccccc2C1. The molecule has 0 heteroatoms. The van der Waals surface area contributed by atoms with Gasteiger partial charge < -0.3 is 0 Å². The number of benzene rings is 1. The molecule has 1 atom stereocenters. The maximum atomic E-state index is 3.81. The monoisotopic (exact) mass is 156 g/mol. The summed E-state index contributed by atoms with van der Waals surface area (Å²) in [4.78, 5) is 0.